The van der Waals surface area contributed by atoms with Crippen molar-refractivity contribution in [2.45, 2.75) is 13.8 Å². The Morgan fingerprint density at radius 3 is 2.82 bits per heavy atom. The molecule has 0 aliphatic carbocycles. The van der Waals surface area contributed by atoms with Gasteiger partial charge in [-0.05, 0) is 19.9 Å². The summed E-state index contributed by atoms with van der Waals surface area (Å²) in [6, 6.07) is 0. The zero-order valence-corrected chi connectivity index (χ0v) is 7.61. The van der Waals surface area contributed by atoms with Crippen LogP contribution in [0.2, 0.25) is 0 Å². The molecule has 0 aliphatic rings. The topological polar surface area (TPSA) is 12.9 Å². The van der Waals surface area contributed by atoms with Crippen molar-refractivity contribution >= 4 is 23.5 Å². The first-order valence-corrected chi connectivity index (χ1v) is 4.32. The lowest BCUT2D eigenvalue weighted by molar-refractivity contribution is 1.23. The number of hydrogen-bond donors (Lipinski definition) is 0. The summed E-state index contributed by atoms with van der Waals surface area (Å²) in [5, 5.41) is 2.17. The van der Waals surface area contributed by atoms with E-state index in [2.05, 4.69) is 11.6 Å². The molecule has 0 radical (unpaired) electrons. The van der Waals surface area contributed by atoms with Crippen LogP contribution in [0.3, 0.4) is 0 Å². The molecule has 0 saturated heterocycles. The smallest absolute Gasteiger partial charge is 0.0907 e. The van der Waals surface area contributed by atoms with Crippen molar-refractivity contribution in [3.05, 3.63) is 27.5 Å². The van der Waals surface area contributed by atoms with Crippen molar-refractivity contribution in [3.63, 3.8) is 0 Å². The van der Waals surface area contributed by atoms with Gasteiger partial charge in [-0.3, -0.25) is 0 Å². The molecule has 1 heterocycles. The van der Waals surface area contributed by atoms with Crippen molar-refractivity contribution in [1.29, 1.82) is 0 Å². The first kappa shape index (κ1) is 8.21. The average molecular weight is 165 g/mol. The second-order valence-electron chi connectivity index (χ2n) is 2.17. The minimum Gasteiger partial charge on any atom is -0.242 e. The van der Waals surface area contributed by atoms with E-state index in [1.165, 1.54) is 4.53 Å². The third-order valence-corrected chi connectivity index (χ3v) is 2.28. The standard InChI is InChI=1S/C9H11NS/c1-4-6-9-8(5-2)10-7(3)11-9/h4-6H,1H2,2-3H3/b8-5+,9-6+. The van der Waals surface area contributed by atoms with Crippen molar-refractivity contribution in [3.8, 4) is 0 Å². The summed E-state index contributed by atoms with van der Waals surface area (Å²) in [4.78, 5) is 4.33. The lowest BCUT2D eigenvalue weighted by Gasteiger charge is -1.70. The van der Waals surface area contributed by atoms with Crippen LogP contribution in [-0.4, -0.2) is 4.98 Å². The Bertz CT molecular complexity index is 359. The number of rotatable bonds is 1. The zero-order valence-electron chi connectivity index (χ0n) is 6.79. The maximum absolute atomic E-state index is 4.33. The van der Waals surface area contributed by atoms with Gasteiger partial charge in [-0.25, -0.2) is 4.98 Å². The molecule has 1 nitrogen and oxygen atoms in total. The van der Waals surface area contributed by atoms with Gasteiger partial charge < -0.3 is 0 Å². The fourth-order valence-corrected chi connectivity index (χ4v) is 1.79. The van der Waals surface area contributed by atoms with Crippen molar-refractivity contribution in [2.75, 3.05) is 0 Å². The van der Waals surface area contributed by atoms with Crippen molar-refractivity contribution < 1.29 is 0 Å². The van der Waals surface area contributed by atoms with Gasteiger partial charge in [0.2, 0.25) is 0 Å². The monoisotopic (exact) mass is 165 g/mol. The second-order valence-corrected chi connectivity index (χ2v) is 3.41. The van der Waals surface area contributed by atoms with Gasteiger partial charge in [0.15, 0.2) is 0 Å². The molecule has 2 heteroatoms. The van der Waals surface area contributed by atoms with Gasteiger partial charge in [-0.1, -0.05) is 18.7 Å². The van der Waals surface area contributed by atoms with E-state index < -0.39 is 0 Å². The number of aromatic nitrogens is 1. The van der Waals surface area contributed by atoms with E-state index in [1.807, 2.05) is 26.0 Å². The van der Waals surface area contributed by atoms with Crippen LogP contribution in [-0.2, 0) is 0 Å². The van der Waals surface area contributed by atoms with Crippen molar-refractivity contribution in [1.82, 2.24) is 4.98 Å². The second kappa shape index (κ2) is 3.49. The normalized spacial score (nSPS) is 14.0. The number of allylic oxidation sites excluding steroid dienone is 1. The lowest BCUT2D eigenvalue weighted by Crippen LogP contribution is -2.19. The molecule has 11 heavy (non-hydrogen) atoms. The summed E-state index contributed by atoms with van der Waals surface area (Å²) in [5.74, 6) is 0. The van der Waals surface area contributed by atoms with E-state index in [0.29, 0.717) is 0 Å². The molecular formula is C9H11NS. The lowest BCUT2D eigenvalue weighted by atomic mass is 10.5. The number of thiazole rings is 1. The fourth-order valence-electron chi connectivity index (χ4n) is 0.892. The molecule has 0 amide bonds. The summed E-state index contributed by atoms with van der Waals surface area (Å²) in [6.45, 7) is 7.66. The summed E-state index contributed by atoms with van der Waals surface area (Å²) in [6.07, 6.45) is 5.79. The SMILES string of the molecule is C=C/C=c1/sc(C)n/c1=C/C. The molecule has 0 aromatic carbocycles. The highest BCUT2D eigenvalue weighted by Gasteiger charge is 1.90. The summed E-state index contributed by atoms with van der Waals surface area (Å²) < 4.78 is 1.19. The molecule has 1 aromatic heterocycles. The van der Waals surface area contributed by atoms with E-state index in [0.717, 1.165) is 10.4 Å². The Hall–Kier alpha value is -0.890. The van der Waals surface area contributed by atoms with Crippen LogP contribution in [0.25, 0.3) is 12.2 Å². The highest BCUT2D eigenvalue weighted by Crippen LogP contribution is 1.90. The van der Waals surface area contributed by atoms with Gasteiger partial charge in [0, 0.05) is 0 Å². The van der Waals surface area contributed by atoms with E-state index >= 15 is 0 Å². The Balaban J connectivity index is 3.47. The van der Waals surface area contributed by atoms with Crippen LogP contribution in [0, 0.1) is 6.92 Å². The highest BCUT2D eigenvalue weighted by atomic mass is 32.1. The third-order valence-electron chi connectivity index (χ3n) is 1.33. The molecule has 0 bridgehead atoms. The Morgan fingerprint density at radius 1 is 1.55 bits per heavy atom. The van der Waals surface area contributed by atoms with E-state index in [9.17, 15) is 0 Å². The molecular weight excluding hydrogens is 154 g/mol. The van der Waals surface area contributed by atoms with Gasteiger partial charge in [0.05, 0.1) is 14.9 Å². The Kier molecular flexibility index (Phi) is 2.60. The van der Waals surface area contributed by atoms with Gasteiger partial charge in [0.25, 0.3) is 0 Å². The molecule has 0 unspecified atom stereocenters. The maximum Gasteiger partial charge on any atom is 0.0907 e. The highest BCUT2D eigenvalue weighted by molar-refractivity contribution is 7.09. The zero-order chi connectivity index (χ0) is 8.27. The molecule has 1 aromatic rings. The predicted octanol–water partition coefficient (Wildman–Crippen LogP) is 1.22. The van der Waals surface area contributed by atoms with Gasteiger partial charge >= 0.3 is 0 Å². The third kappa shape index (κ3) is 1.77. The fraction of sp³-hybridized carbons (Fsp3) is 0.222. The summed E-state index contributed by atoms with van der Waals surface area (Å²) in [5.41, 5.74) is 0. The quantitative estimate of drug-likeness (QED) is 0.609. The van der Waals surface area contributed by atoms with E-state index in [-0.39, 0.29) is 0 Å². The molecule has 1 rings (SSSR count). The van der Waals surface area contributed by atoms with Crippen LogP contribution >= 0.6 is 11.3 Å². The minimum atomic E-state index is 1.06. The molecule has 0 saturated carbocycles. The summed E-state index contributed by atoms with van der Waals surface area (Å²) in [7, 11) is 0. The van der Waals surface area contributed by atoms with Crippen LogP contribution in [0.4, 0.5) is 0 Å². The van der Waals surface area contributed by atoms with E-state index in [1.54, 1.807) is 17.4 Å². The molecule has 0 spiro atoms. The predicted molar refractivity (Wildman–Crippen MR) is 50.9 cm³/mol. The largest absolute Gasteiger partial charge is 0.242 e. The maximum atomic E-state index is 4.33. The van der Waals surface area contributed by atoms with E-state index in [4.69, 9.17) is 0 Å². The summed E-state index contributed by atoms with van der Waals surface area (Å²) >= 11 is 1.69. The number of aryl methyl sites for hydroxylation is 1. The van der Waals surface area contributed by atoms with Gasteiger partial charge in [-0.2, -0.15) is 0 Å². The molecule has 0 aliphatic heterocycles. The van der Waals surface area contributed by atoms with Crippen LogP contribution in [0.15, 0.2) is 12.7 Å². The molecule has 0 N–H and O–H groups in total. The van der Waals surface area contributed by atoms with Crippen LogP contribution < -0.4 is 9.88 Å². The van der Waals surface area contributed by atoms with Crippen molar-refractivity contribution in [2.24, 2.45) is 0 Å². The molecule has 58 valence electrons. The average Bonchev–Trinajstić information content (AvgIpc) is 2.32. The first-order valence-electron chi connectivity index (χ1n) is 3.50. The Morgan fingerprint density at radius 2 is 2.27 bits per heavy atom. The molecule has 0 fully saturated rings. The number of hydrogen-bond acceptors (Lipinski definition) is 2. The first-order chi connectivity index (χ1) is 5.27. The number of nitrogens with zero attached hydrogens (tertiary/aromatic N) is 1. The minimum absolute atomic E-state index is 1.06. The van der Waals surface area contributed by atoms with Gasteiger partial charge in [-0.15, -0.1) is 11.3 Å². The van der Waals surface area contributed by atoms with Gasteiger partial charge in [0.1, 0.15) is 0 Å². The molecule has 0 atom stereocenters. The van der Waals surface area contributed by atoms with Crippen LogP contribution in [0.1, 0.15) is 11.9 Å². The Labute approximate surface area is 70.4 Å². The van der Waals surface area contributed by atoms with Crippen LogP contribution in [0.5, 0.6) is 0 Å².